The number of hydrogen-bond donors (Lipinski definition) is 1. The molecular weight excluding hydrogens is 349 g/mol. The molecule has 2 heterocycles. The second-order valence-electron chi connectivity index (χ2n) is 7.19. The van der Waals surface area contributed by atoms with Crippen LogP contribution in [-0.4, -0.2) is 41.5 Å². The van der Waals surface area contributed by atoms with E-state index in [0.29, 0.717) is 24.5 Å². The summed E-state index contributed by atoms with van der Waals surface area (Å²) in [5, 5.41) is 3.00. The van der Waals surface area contributed by atoms with Gasteiger partial charge in [-0.3, -0.25) is 9.69 Å². The number of aromatic nitrogens is 1. The van der Waals surface area contributed by atoms with Crippen molar-refractivity contribution in [2.45, 2.75) is 52.2 Å². The van der Waals surface area contributed by atoms with Gasteiger partial charge in [-0.2, -0.15) is 0 Å². The molecule has 1 amide bonds. The van der Waals surface area contributed by atoms with Crippen molar-refractivity contribution >= 4 is 5.91 Å². The Kier molecular flexibility index (Phi) is 5.79. The molecule has 146 valence electrons. The van der Waals surface area contributed by atoms with Gasteiger partial charge in [0.05, 0.1) is 18.4 Å². The molecule has 0 radical (unpaired) electrons. The molecule has 1 aromatic carbocycles. The van der Waals surface area contributed by atoms with Crippen LogP contribution in [0.3, 0.4) is 0 Å². The van der Waals surface area contributed by atoms with Crippen molar-refractivity contribution < 1.29 is 18.3 Å². The van der Waals surface area contributed by atoms with E-state index in [1.807, 2.05) is 6.92 Å². The average molecular weight is 375 g/mol. The minimum atomic E-state index is -0.405. The maximum absolute atomic E-state index is 14.2. The highest BCUT2D eigenvalue weighted by Gasteiger charge is 2.25. The van der Waals surface area contributed by atoms with Crippen molar-refractivity contribution in [2.24, 2.45) is 0 Å². The lowest BCUT2D eigenvalue weighted by Gasteiger charge is -2.28. The monoisotopic (exact) mass is 375 g/mol. The Labute approximate surface area is 158 Å². The summed E-state index contributed by atoms with van der Waals surface area (Å²) >= 11 is 0. The van der Waals surface area contributed by atoms with Crippen LogP contribution in [0.25, 0.3) is 11.5 Å². The average Bonchev–Trinajstić information content (AvgIpc) is 3.20. The molecule has 0 spiro atoms. The zero-order valence-corrected chi connectivity index (χ0v) is 16.2. The van der Waals surface area contributed by atoms with Crippen molar-refractivity contribution in [1.29, 1.82) is 0 Å². The smallest absolute Gasteiger partial charge is 0.229 e. The second-order valence-corrected chi connectivity index (χ2v) is 7.19. The van der Waals surface area contributed by atoms with Gasteiger partial charge in [-0.1, -0.05) is 0 Å². The van der Waals surface area contributed by atoms with Gasteiger partial charge in [0.25, 0.3) is 0 Å². The van der Waals surface area contributed by atoms with Crippen LogP contribution in [0.2, 0.25) is 0 Å². The molecule has 1 atom stereocenters. The third-order valence-electron chi connectivity index (χ3n) is 4.92. The Morgan fingerprint density at radius 1 is 1.44 bits per heavy atom. The maximum Gasteiger partial charge on any atom is 0.229 e. The first-order chi connectivity index (χ1) is 12.9. The number of amides is 1. The molecule has 1 aromatic heterocycles. The van der Waals surface area contributed by atoms with Gasteiger partial charge in [0.15, 0.2) is 0 Å². The molecule has 0 unspecified atom stereocenters. The predicted octanol–water partition coefficient (Wildman–Crippen LogP) is 3.29. The summed E-state index contributed by atoms with van der Waals surface area (Å²) in [5.41, 5.74) is 1.05. The van der Waals surface area contributed by atoms with E-state index in [2.05, 4.69) is 29.0 Å². The van der Waals surface area contributed by atoms with Gasteiger partial charge < -0.3 is 14.5 Å². The predicted molar refractivity (Wildman–Crippen MR) is 99.9 cm³/mol. The van der Waals surface area contributed by atoms with Crippen LogP contribution in [0.15, 0.2) is 22.6 Å². The number of oxazole rings is 1. The number of methoxy groups -OCH3 is 1. The summed E-state index contributed by atoms with van der Waals surface area (Å²) in [6, 6.07) is 4.92. The van der Waals surface area contributed by atoms with Crippen LogP contribution in [0.5, 0.6) is 5.75 Å². The number of benzene rings is 1. The van der Waals surface area contributed by atoms with E-state index in [0.717, 1.165) is 18.7 Å². The first-order valence-electron chi connectivity index (χ1n) is 9.21. The molecule has 6 nitrogen and oxygen atoms in total. The zero-order chi connectivity index (χ0) is 19.6. The normalized spacial score (nSPS) is 17.0. The fourth-order valence-electron chi connectivity index (χ4n) is 3.23. The molecule has 1 saturated heterocycles. The molecule has 0 saturated carbocycles. The van der Waals surface area contributed by atoms with Crippen molar-refractivity contribution in [3.05, 3.63) is 35.5 Å². The quantitative estimate of drug-likeness (QED) is 0.804. The molecule has 1 fully saturated rings. The number of carbonyl (C=O) groups excluding carboxylic acids is 1. The Morgan fingerprint density at radius 3 is 2.85 bits per heavy atom. The summed E-state index contributed by atoms with van der Waals surface area (Å²) in [4.78, 5) is 18.2. The number of aryl methyl sites for hydroxylation is 1. The minimum absolute atomic E-state index is 0.108. The Morgan fingerprint density at radius 2 is 2.22 bits per heavy atom. The number of ether oxygens (including phenoxy) is 1. The van der Waals surface area contributed by atoms with Gasteiger partial charge in [0.2, 0.25) is 11.8 Å². The van der Waals surface area contributed by atoms with Crippen LogP contribution in [0.1, 0.15) is 38.1 Å². The summed E-state index contributed by atoms with van der Waals surface area (Å²) < 4.78 is 25.1. The summed E-state index contributed by atoms with van der Waals surface area (Å²) in [5.74, 6) is 1.16. The molecule has 1 N–H and O–H groups in total. The Bertz CT molecular complexity index is 819. The molecular formula is C20H26FN3O3. The van der Waals surface area contributed by atoms with E-state index in [-0.39, 0.29) is 29.4 Å². The first-order valence-corrected chi connectivity index (χ1v) is 9.21. The van der Waals surface area contributed by atoms with Crippen molar-refractivity contribution in [2.75, 3.05) is 13.7 Å². The van der Waals surface area contributed by atoms with E-state index in [1.165, 1.54) is 13.2 Å². The first kappa shape index (κ1) is 19.4. The fourth-order valence-corrected chi connectivity index (χ4v) is 3.23. The maximum atomic E-state index is 14.2. The van der Waals surface area contributed by atoms with Gasteiger partial charge in [-0.05, 0) is 45.4 Å². The summed E-state index contributed by atoms with van der Waals surface area (Å²) in [6.07, 6.45) is 1.43. The number of nitrogens with one attached hydrogen (secondary N) is 1. The topological polar surface area (TPSA) is 67.6 Å². The second kappa shape index (κ2) is 8.08. The number of halogens is 1. The SMILES string of the molecule is COc1ccc(F)c(-c2nc(CN(C[C@@H]3CCC(=O)N3)C(C)C)c(C)o2)c1. The van der Waals surface area contributed by atoms with Crippen molar-refractivity contribution in [1.82, 2.24) is 15.2 Å². The molecule has 7 heteroatoms. The molecule has 1 aliphatic heterocycles. The van der Waals surface area contributed by atoms with Gasteiger partial charge in [0, 0.05) is 31.6 Å². The van der Waals surface area contributed by atoms with Crippen LogP contribution < -0.4 is 10.1 Å². The molecule has 2 aromatic rings. The zero-order valence-electron chi connectivity index (χ0n) is 16.2. The standard InChI is InChI=1S/C20H26FN3O3/c1-12(2)24(10-14-5-8-19(25)22-14)11-18-13(3)27-20(23-18)16-9-15(26-4)6-7-17(16)21/h6-7,9,12,14H,5,8,10-11H2,1-4H3,(H,22,25)/t14-/m0/s1. The molecule has 27 heavy (non-hydrogen) atoms. The molecule has 1 aliphatic rings. The lowest BCUT2D eigenvalue weighted by atomic mass is 10.1. The fraction of sp³-hybridized carbons (Fsp3) is 0.500. The third kappa shape index (κ3) is 4.47. The molecule has 0 aliphatic carbocycles. The number of hydrogen-bond acceptors (Lipinski definition) is 5. The third-order valence-corrected chi connectivity index (χ3v) is 4.92. The minimum Gasteiger partial charge on any atom is -0.497 e. The van der Waals surface area contributed by atoms with Crippen molar-refractivity contribution in [3.63, 3.8) is 0 Å². The Balaban J connectivity index is 1.79. The van der Waals surface area contributed by atoms with Gasteiger partial charge >= 0.3 is 0 Å². The molecule has 0 bridgehead atoms. The van der Waals surface area contributed by atoms with E-state index in [1.54, 1.807) is 12.1 Å². The van der Waals surface area contributed by atoms with Gasteiger partial charge in [0.1, 0.15) is 17.3 Å². The number of carbonyl (C=O) groups is 1. The summed E-state index contributed by atoms with van der Waals surface area (Å²) in [7, 11) is 1.53. The van der Waals surface area contributed by atoms with Crippen molar-refractivity contribution in [3.8, 4) is 17.2 Å². The summed E-state index contributed by atoms with van der Waals surface area (Å²) in [6.45, 7) is 7.37. The highest BCUT2D eigenvalue weighted by atomic mass is 19.1. The van der Waals surface area contributed by atoms with Gasteiger partial charge in [-0.25, -0.2) is 9.37 Å². The highest BCUT2D eigenvalue weighted by molar-refractivity contribution is 5.78. The number of nitrogens with zero attached hydrogens (tertiary/aromatic N) is 2. The highest BCUT2D eigenvalue weighted by Crippen LogP contribution is 2.28. The Hall–Kier alpha value is -2.41. The lowest BCUT2D eigenvalue weighted by Crippen LogP contribution is -2.41. The van der Waals surface area contributed by atoms with Crippen LogP contribution in [-0.2, 0) is 11.3 Å². The van der Waals surface area contributed by atoms with E-state index in [4.69, 9.17) is 9.15 Å². The van der Waals surface area contributed by atoms with E-state index >= 15 is 0 Å². The van der Waals surface area contributed by atoms with E-state index < -0.39 is 5.82 Å². The molecule has 3 rings (SSSR count). The largest absolute Gasteiger partial charge is 0.497 e. The van der Waals surface area contributed by atoms with Crippen LogP contribution in [0, 0.1) is 12.7 Å². The number of rotatable bonds is 7. The van der Waals surface area contributed by atoms with E-state index in [9.17, 15) is 9.18 Å². The van der Waals surface area contributed by atoms with Gasteiger partial charge in [-0.15, -0.1) is 0 Å². The van der Waals surface area contributed by atoms with Crippen LogP contribution >= 0.6 is 0 Å². The lowest BCUT2D eigenvalue weighted by molar-refractivity contribution is -0.119. The van der Waals surface area contributed by atoms with Crippen LogP contribution in [0.4, 0.5) is 4.39 Å².